The topological polar surface area (TPSA) is 29.9 Å². The monoisotopic (exact) mass is 271 g/mol. The van der Waals surface area contributed by atoms with Gasteiger partial charge < -0.3 is 5.32 Å². The molecular weight excluding hydrogens is 246 g/mol. The highest BCUT2D eigenvalue weighted by molar-refractivity contribution is 5.60. The highest BCUT2D eigenvalue weighted by Gasteiger charge is 2.13. The van der Waals surface area contributed by atoms with E-state index in [1.165, 1.54) is 16.8 Å². The molecular formula is C17H25N3. The molecule has 0 unspecified atom stereocenters. The van der Waals surface area contributed by atoms with E-state index in [9.17, 15) is 0 Å². The fraction of sp³-hybridized carbons (Fsp3) is 0.471. The van der Waals surface area contributed by atoms with Crippen LogP contribution in [-0.4, -0.2) is 9.78 Å². The fourth-order valence-corrected chi connectivity index (χ4v) is 2.49. The summed E-state index contributed by atoms with van der Waals surface area (Å²) in [6, 6.07) is 8.66. The van der Waals surface area contributed by atoms with Gasteiger partial charge in [-0.25, -0.2) is 0 Å². The second-order valence-electron chi connectivity index (χ2n) is 5.96. The lowest BCUT2D eigenvalue weighted by atomic mass is 9.92. The van der Waals surface area contributed by atoms with Gasteiger partial charge in [0.15, 0.2) is 0 Å². The molecule has 1 N–H and O–H groups in total. The molecule has 0 aliphatic rings. The first-order valence-corrected chi connectivity index (χ1v) is 7.34. The predicted molar refractivity (Wildman–Crippen MR) is 85.2 cm³/mol. The molecule has 0 amide bonds. The van der Waals surface area contributed by atoms with Crippen molar-refractivity contribution in [3.8, 4) is 0 Å². The van der Waals surface area contributed by atoms with Crippen LogP contribution >= 0.6 is 0 Å². The molecule has 0 spiro atoms. The highest BCUT2D eigenvalue weighted by atomic mass is 15.3. The second kappa shape index (κ2) is 6.12. The van der Waals surface area contributed by atoms with Gasteiger partial charge in [0.05, 0.1) is 12.2 Å². The maximum absolute atomic E-state index is 4.43. The second-order valence-corrected chi connectivity index (χ2v) is 5.96. The average Bonchev–Trinajstić information content (AvgIpc) is 2.81. The molecule has 0 saturated carbocycles. The summed E-state index contributed by atoms with van der Waals surface area (Å²) in [5, 5.41) is 8.03. The lowest BCUT2D eigenvalue weighted by Crippen LogP contribution is -2.08. The maximum atomic E-state index is 4.43. The largest absolute Gasteiger partial charge is 0.379 e. The first-order valence-electron chi connectivity index (χ1n) is 7.34. The van der Waals surface area contributed by atoms with Crippen LogP contribution in [-0.2, 0) is 13.6 Å². The normalized spacial score (nSPS) is 11.3. The number of benzene rings is 1. The van der Waals surface area contributed by atoms with E-state index >= 15 is 0 Å². The van der Waals surface area contributed by atoms with Crippen molar-refractivity contribution in [1.29, 1.82) is 0 Å². The molecule has 1 aromatic carbocycles. The van der Waals surface area contributed by atoms with Gasteiger partial charge in [-0.05, 0) is 29.0 Å². The average molecular weight is 271 g/mol. The third-order valence-corrected chi connectivity index (χ3v) is 3.59. The predicted octanol–water partition coefficient (Wildman–Crippen LogP) is 4.28. The van der Waals surface area contributed by atoms with Gasteiger partial charge in [0.2, 0.25) is 0 Å². The molecule has 1 heterocycles. The number of aromatic nitrogens is 2. The van der Waals surface area contributed by atoms with Crippen molar-refractivity contribution < 1.29 is 0 Å². The van der Waals surface area contributed by atoms with Crippen molar-refractivity contribution in [3.05, 3.63) is 47.3 Å². The SMILES string of the molecule is CC(C)c1cccc(C(C)C)c1NCc1ccn(C)n1. The van der Waals surface area contributed by atoms with Gasteiger partial charge in [-0.2, -0.15) is 5.10 Å². The Kier molecular flexibility index (Phi) is 4.48. The third kappa shape index (κ3) is 3.21. The summed E-state index contributed by atoms with van der Waals surface area (Å²) < 4.78 is 1.84. The number of rotatable bonds is 5. The van der Waals surface area contributed by atoms with E-state index in [0.29, 0.717) is 11.8 Å². The summed E-state index contributed by atoms with van der Waals surface area (Å²) in [6.07, 6.45) is 1.98. The molecule has 0 fully saturated rings. The molecule has 108 valence electrons. The van der Waals surface area contributed by atoms with Gasteiger partial charge in [0.25, 0.3) is 0 Å². The molecule has 1 aromatic heterocycles. The minimum atomic E-state index is 0.514. The number of anilines is 1. The smallest absolute Gasteiger partial charge is 0.0815 e. The molecule has 0 aliphatic heterocycles. The molecule has 20 heavy (non-hydrogen) atoms. The summed E-state index contributed by atoms with van der Waals surface area (Å²) >= 11 is 0. The van der Waals surface area contributed by atoms with E-state index in [0.717, 1.165) is 12.2 Å². The number of nitrogens with one attached hydrogen (secondary N) is 1. The summed E-state index contributed by atoms with van der Waals surface area (Å²) in [5.74, 6) is 1.03. The van der Waals surface area contributed by atoms with Gasteiger partial charge in [-0.15, -0.1) is 0 Å². The Labute approximate surface area is 122 Å². The molecule has 0 aliphatic carbocycles. The summed E-state index contributed by atoms with van der Waals surface area (Å²) in [5.41, 5.74) is 5.11. The minimum absolute atomic E-state index is 0.514. The lowest BCUT2D eigenvalue weighted by Gasteiger charge is -2.20. The van der Waals surface area contributed by atoms with Crippen molar-refractivity contribution in [1.82, 2.24) is 9.78 Å². The van der Waals surface area contributed by atoms with E-state index in [-0.39, 0.29) is 0 Å². The number of para-hydroxylation sites is 1. The summed E-state index contributed by atoms with van der Waals surface area (Å²) in [6.45, 7) is 9.73. The Hall–Kier alpha value is -1.77. The van der Waals surface area contributed by atoms with Crippen molar-refractivity contribution in [2.24, 2.45) is 7.05 Å². The molecule has 0 radical (unpaired) electrons. The molecule has 0 atom stereocenters. The Morgan fingerprint density at radius 1 is 1.05 bits per heavy atom. The van der Waals surface area contributed by atoms with Gasteiger partial charge in [-0.3, -0.25) is 4.68 Å². The number of hydrogen-bond donors (Lipinski definition) is 1. The van der Waals surface area contributed by atoms with Crippen molar-refractivity contribution in [2.75, 3.05) is 5.32 Å². The zero-order chi connectivity index (χ0) is 14.7. The van der Waals surface area contributed by atoms with E-state index in [2.05, 4.69) is 62.4 Å². The minimum Gasteiger partial charge on any atom is -0.379 e. The van der Waals surface area contributed by atoms with Crippen LogP contribution < -0.4 is 5.32 Å². The van der Waals surface area contributed by atoms with Crippen LogP contribution in [0, 0.1) is 0 Å². The number of nitrogens with zero attached hydrogens (tertiary/aromatic N) is 2. The first-order chi connectivity index (χ1) is 9.49. The van der Waals surface area contributed by atoms with Crippen molar-refractivity contribution in [3.63, 3.8) is 0 Å². The molecule has 2 aromatic rings. The van der Waals surface area contributed by atoms with Crippen molar-refractivity contribution >= 4 is 5.69 Å². The quantitative estimate of drug-likeness (QED) is 0.879. The fourth-order valence-electron chi connectivity index (χ4n) is 2.49. The van der Waals surface area contributed by atoms with Crippen LogP contribution in [0.1, 0.15) is 56.4 Å². The zero-order valence-electron chi connectivity index (χ0n) is 13.1. The summed E-state index contributed by atoms with van der Waals surface area (Å²) in [7, 11) is 1.95. The van der Waals surface area contributed by atoms with Crippen LogP contribution in [0.15, 0.2) is 30.5 Å². The number of aryl methyl sites for hydroxylation is 1. The maximum Gasteiger partial charge on any atom is 0.0815 e. The highest BCUT2D eigenvalue weighted by Crippen LogP contribution is 2.32. The molecule has 0 bridgehead atoms. The van der Waals surface area contributed by atoms with E-state index < -0.39 is 0 Å². The Morgan fingerprint density at radius 2 is 1.65 bits per heavy atom. The first kappa shape index (κ1) is 14.6. The van der Waals surface area contributed by atoms with E-state index in [1.54, 1.807) is 0 Å². The standard InChI is InChI=1S/C17H25N3/c1-12(2)15-7-6-8-16(13(3)4)17(15)18-11-14-9-10-20(5)19-14/h6-10,12-13,18H,11H2,1-5H3. The van der Waals surface area contributed by atoms with Gasteiger partial charge in [0.1, 0.15) is 0 Å². The molecule has 0 saturated heterocycles. The summed E-state index contributed by atoms with van der Waals surface area (Å²) in [4.78, 5) is 0. The third-order valence-electron chi connectivity index (χ3n) is 3.59. The zero-order valence-corrected chi connectivity index (χ0v) is 13.1. The van der Waals surface area contributed by atoms with Crippen molar-refractivity contribution in [2.45, 2.75) is 46.1 Å². The Morgan fingerprint density at radius 3 is 2.10 bits per heavy atom. The van der Waals surface area contributed by atoms with Crippen LogP contribution in [0.3, 0.4) is 0 Å². The van der Waals surface area contributed by atoms with E-state index in [1.807, 2.05) is 17.9 Å². The lowest BCUT2D eigenvalue weighted by molar-refractivity contribution is 0.746. The van der Waals surface area contributed by atoms with Crippen LogP contribution in [0.4, 0.5) is 5.69 Å². The van der Waals surface area contributed by atoms with Crippen LogP contribution in [0.25, 0.3) is 0 Å². The molecule has 2 rings (SSSR count). The van der Waals surface area contributed by atoms with Gasteiger partial charge >= 0.3 is 0 Å². The molecule has 3 nitrogen and oxygen atoms in total. The van der Waals surface area contributed by atoms with Crippen LogP contribution in [0.2, 0.25) is 0 Å². The van der Waals surface area contributed by atoms with E-state index in [4.69, 9.17) is 0 Å². The molecule has 3 heteroatoms. The Balaban J connectivity index is 2.28. The Bertz CT molecular complexity index is 541. The van der Waals surface area contributed by atoms with Gasteiger partial charge in [-0.1, -0.05) is 45.9 Å². The van der Waals surface area contributed by atoms with Gasteiger partial charge in [0, 0.05) is 18.9 Å². The number of hydrogen-bond acceptors (Lipinski definition) is 2. The van der Waals surface area contributed by atoms with Crippen LogP contribution in [0.5, 0.6) is 0 Å².